The second-order valence-electron chi connectivity index (χ2n) is 7.07. The maximum Gasteiger partial charge on any atom is 0.235 e. The molecule has 0 saturated heterocycles. The van der Waals surface area contributed by atoms with Crippen molar-refractivity contribution in [2.24, 2.45) is 5.41 Å². The Morgan fingerprint density at radius 3 is 2.07 bits per heavy atom. The summed E-state index contributed by atoms with van der Waals surface area (Å²) in [5, 5.41) is 5.58. The molecule has 2 N–H and O–H groups in total. The molecule has 0 fully saturated rings. The highest BCUT2D eigenvalue weighted by Crippen LogP contribution is 2.17. The van der Waals surface area contributed by atoms with Crippen LogP contribution in [0.3, 0.4) is 0 Å². The standard InChI is InChI=1S/C22H28N2O4/c1-16-5-7-17(8-6-16)15-24-21(26)22(2,3)20(25)23-13-14-28-19-11-9-18(27-4)10-12-19/h5-12H,13-15H2,1-4H3,(H,23,25)(H,24,26). The SMILES string of the molecule is COc1ccc(OCCNC(=O)C(C)(C)C(=O)NCc2ccc(C)cc2)cc1. The van der Waals surface area contributed by atoms with E-state index in [1.165, 1.54) is 0 Å². The van der Waals surface area contributed by atoms with Gasteiger partial charge in [0.05, 0.1) is 13.7 Å². The fourth-order valence-electron chi connectivity index (χ4n) is 2.44. The summed E-state index contributed by atoms with van der Waals surface area (Å²) >= 11 is 0. The average Bonchev–Trinajstić information content (AvgIpc) is 2.70. The molecule has 0 heterocycles. The van der Waals surface area contributed by atoms with Gasteiger partial charge in [-0.1, -0.05) is 29.8 Å². The van der Waals surface area contributed by atoms with Gasteiger partial charge in [0, 0.05) is 6.54 Å². The number of rotatable bonds is 9. The molecule has 150 valence electrons. The molecule has 0 saturated carbocycles. The largest absolute Gasteiger partial charge is 0.497 e. The molecule has 0 aliphatic rings. The predicted octanol–water partition coefficient (Wildman–Crippen LogP) is 2.84. The van der Waals surface area contributed by atoms with Crippen LogP contribution < -0.4 is 20.1 Å². The van der Waals surface area contributed by atoms with Crippen LogP contribution in [-0.2, 0) is 16.1 Å². The van der Waals surface area contributed by atoms with Gasteiger partial charge in [0.1, 0.15) is 23.5 Å². The predicted molar refractivity (Wildman–Crippen MR) is 108 cm³/mol. The number of methoxy groups -OCH3 is 1. The Morgan fingerprint density at radius 2 is 1.46 bits per heavy atom. The topological polar surface area (TPSA) is 76.7 Å². The van der Waals surface area contributed by atoms with E-state index in [0.29, 0.717) is 25.4 Å². The molecule has 0 spiro atoms. The van der Waals surface area contributed by atoms with Crippen LogP contribution in [0.2, 0.25) is 0 Å². The van der Waals surface area contributed by atoms with E-state index < -0.39 is 5.41 Å². The third-order valence-corrected chi connectivity index (χ3v) is 4.42. The molecule has 6 heteroatoms. The molecule has 0 bridgehead atoms. The minimum atomic E-state index is -1.18. The fraction of sp³-hybridized carbons (Fsp3) is 0.364. The summed E-state index contributed by atoms with van der Waals surface area (Å²) in [5.41, 5.74) is 0.972. The summed E-state index contributed by atoms with van der Waals surface area (Å²) in [7, 11) is 1.60. The number of hydrogen-bond acceptors (Lipinski definition) is 4. The number of carbonyl (C=O) groups excluding carboxylic acids is 2. The molecule has 2 amide bonds. The molecule has 0 radical (unpaired) electrons. The zero-order valence-corrected chi connectivity index (χ0v) is 16.9. The number of nitrogens with one attached hydrogen (secondary N) is 2. The summed E-state index contributed by atoms with van der Waals surface area (Å²) in [5.74, 6) is 0.776. The van der Waals surface area contributed by atoms with Crippen molar-refractivity contribution in [3.8, 4) is 11.5 Å². The molecule has 0 aromatic heterocycles. The van der Waals surface area contributed by atoms with E-state index in [1.54, 1.807) is 45.2 Å². The highest BCUT2D eigenvalue weighted by molar-refractivity contribution is 6.04. The van der Waals surface area contributed by atoms with Gasteiger partial charge in [-0.3, -0.25) is 9.59 Å². The summed E-state index contributed by atoms with van der Waals surface area (Å²) < 4.78 is 10.7. The Bertz CT molecular complexity index is 783. The zero-order valence-electron chi connectivity index (χ0n) is 16.9. The molecule has 0 atom stereocenters. The Balaban J connectivity index is 1.75. The molecule has 2 rings (SSSR count). The van der Waals surface area contributed by atoms with Crippen molar-refractivity contribution >= 4 is 11.8 Å². The fourth-order valence-corrected chi connectivity index (χ4v) is 2.44. The van der Waals surface area contributed by atoms with Gasteiger partial charge in [0.15, 0.2) is 0 Å². The van der Waals surface area contributed by atoms with E-state index in [2.05, 4.69) is 10.6 Å². The van der Waals surface area contributed by atoms with Gasteiger partial charge in [-0.15, -0.1) is 0 Å². The van der Waals surface area contributed by atoms with Gasteiger partial charge < -0.3 is 20.1 Å². The first-order valence-electron chi connectivity index (χ1n) is 9.22. The second kappa shape index (κ2) is 9.78. The number of hydrogen-bond donors (Lipinski definition) is 2. The van der Waals surface area contributed by atoms with E-state index in [9.17, 15) is 9.59 Å². The molecule has 2 aromatic carbocycles. The summed E-state index contributed by atoms with van der Waals surface area (Å²) in [6, 6.07) is 15.1. The lowest BCUT2D eigenvalue weighted by atomic mass is 9.91. The van der Waals surface area contributed by atoms with Crippen LogP contribution in [0, 0.1) is 12.3 Å². The first-order valence-corrected chi connectivity index (χ1v) is 9.22. The lowest BCUT2D eigenvalue weighted by molar-refractivity contribution is -0.141. The summed E-state index contributed by atoms with van der Waals surface area (Å²) in [6.45, 7) is 6.22. The Morgan fingerprint density at radius 1 is 0.893 bits per heavy atom. The van der Waals surface area contributed by atoms with Gasteiger partial charge in [0.2, 0.25) is 11.8 Å². The van der Waals surface area contributed by atoms with E-state index in [-0.39, 0.29) is 11.8 Å². The first-order chi connectivity index (χ1) is 13.3. The minimum Gasteiger partial charge on any atom is -0.497 e. The van der Waals surface area contributed by atoms with Crippen LogP contribution in [0.1, 0.15) is 25.0 Å². The van der Waals surface area contributed by atoms with E-state index in [4.69, 9.17) is 9.47 Å². The third kappa shape index (κ3) is 6.01. The zero-order chi connectivity index (χ0) is 20.6. The minimum absolute atomic E-state index is 0.305. The van der Waals surface area contributed by atoms with E-state index in [1.807, 2.05) is 31.2 Å². The van der Waals surface area contributed by atoms with Crippen molar-refractivity contribution in [1.29, 1.82) is 0 Å². The van der Waals surface area contributed by atoms with Gasteiger partial charge in [-0.2, -0.15) is 0 Å². The van der Waals surface area contributed by atoms with Crippen LogP contribution in [0.15, 0.2) is 48.5 Å². The van der Waals surface area contributed by atoms with Crippen LogP contribution in [0.5, 0.6) is 11.5 Å². The molecule has 0 aliphatic heterocycles. The number of carbonyl (C=O) groups is 2. The Kier molecular flexibility index (Phi) is 7.44. The van der Waals surface area contributed by atoms with Crippen LogP contribution in [-0.4, -0.2) is 32.1 Å². The second-order valence-corrected chi connectivity index (χ2v) is 7.07. The summed E-state index contributed by atoms with van der Waals surface area (Å²) in [6.07, 6.45) is 0. The molecular weight excluding hydrogens is 356 g/mol. The number of benzene rings is 2. The van der Waals surface area contributed by atoms with Gasteiger partial charge in [0.25, 0.3) is 0 Å². The van der Waals surface area contributed by atoms with Crippen molar-refractivity contribution in [3.05, 3.63) is 59.7 Å². The maximum absolute atomic E-state index is 12.4. The normalized spacial score (nSPS) is 10.9. The first kappa shape index (κ1) is 21.3. The van der Waals surface area contributed by atoms with Crippen molar-refractivity contribution in [2.45, 2.75) is 27.3 Å². The van der Waals surface area contributed by atoms with Crippen molar-refractivity contribution < 1.29 is 19.1 Å². The number of aryl methyl sites for hydroxylation is 1. The van der Waals surface area contributed by atoms with Crippen molar-refractivity contribution in [3.63, 3.8) is 0 Å². The summed E-state index contributed by atoms with van der Waals surface area (Å²) in [4.78, 5) is 24.9. The van der Waals surface area contributed by atoms with E-state index >= 15 is 0 Å². The maximum atomic E-state index is 12.4. The smallest absolute Gasteiger partial charge is 0.235 e. The highest BCUT2D eigenvalue weighted by Gasteiger charge is 2.35. The number of ether oxygens (including phenoxy) is 2. The van der Waals surface area contributed by atoms with Gasteiger partial charge in [-0.05, 0) is 50.6 Å². The number of amides is 2. The molecule has 0 unspecified atom stereocenters. The monoisotopic (exact) mass is 384 g/mol. The quantitative estimate of drug-likeness (QED) is 0.515. The third-order valence-electron chi connectivity index (χ3n) is 4.42. The van der Waals surface area contributed by atoms with Gasteiger partial charge >= 0.3 is 0 Å². The molecule has 0 aliphatic carbocycles. The lowest BCUT2D eigenvalue weighted by Gasteiger charge is -2.22. The van der Waals surface area contributed by atoms with Crippen LogP contribution >= 0.6 is 0 Å². The van der Waals surface area contributed by atoms with Crippen molar-refractivity contribution in [1.82, 2.24) is 10.6 Å². The van der Waals surface area contributed by atoms with Crippen LogP contribution in [0.4, 0.5) is 0 Å². The lowest BCUT2D eigenvalue weighted by Crippen LogP contribution is -2.48. The van der Waals surface area contributed by atoms with E-state index in [0.717, 1.165) is 16.9 Å². The average molecular weight is 384 g/mol. The van der Waals surface area contributed by atoms with Crippen LogP contribution in [0.25, 0.3) is 0 Å². The van der Waals surface area contributed by atoms with Gasteiger partial charge in [-0.25, -0.2) is 0 Å². The Hall–Kier alpha value is -3.02. The molecular formula is C22H28N2O4. The molecule has 28 heavy (non-hydrogen) atoms. The highest BCUT2D eigenvalue weighted by atomic mass is 16.5. The molecule has 2 aromatic rings. The molecule has 6 nitrogen and oxygen atoms in total. The Labute approximate surface area is 166 Å². The van der Waals surface area contributed by atoms with Crippen molar-refractivity contribution in [2.75, 3.05) is 20.3 Å².